The zero-order valence-electron chi connectivity index (χ0n) is 20.7. The number of hydrogen-bond donors (Lipinski definition) is 1. The predicted octanol–water partition coefficient (Wildman–Crippen LogP) is 3.00. The van der Waals surface area contributed by atoms with Gasteiger partial charge in [0, 0.05) is 52.4 Å². The first-order valence-electron chi connectivity index (χ1n) is 11.3. The van der Waals surface area contributed by atoms with Gasteiger partial charge in [0.15, 0.2) is 11.5 Å². The zero-order chi connectivity index (χ0) is 24.4. The van der Waals surface area contributed by atoms with E-state index in [4.69, 9.17) is 19.5 Å². The molecular formula is C25H32N6O3. The minimum Gasteiger partial charge on any atom is -0.493 e. The van der Waals surface area contributed by atoms with Crippen molar-refractivity contribution >= 4 is 28.5 Å². The molecule has 2 heterocycles. The summed E-state index contributed by atoms with van der Waals surface area (Å²) in [4.78, 5) is 31.8. The van der Waals surface area contributed by atoms with Crippen LogP contribution in [-0.4, -0.2) is 74.2 Å². The van der Waals surface area contributed by atoms with Crippen LogP contribution < -0.4 is 19.9 Å². The van der Waals surface area contributed by atoms with Crippen molar-refractivity contribution in [1.82, 2.24) is 19.8 Å². The van der Waals surface area contributed by atoms with Gasteiger partial charge in [-0.2, -0.15) is 0 Å². The van der Waals surface area contributed by atoms with Gasteiger partial charge in [0.05, 0.1) is 30.8 Å². The van der Waals surface area contributed by atoms with Crippen LogP contribution in [0.25, 0.3) is 10.9 Å². The Labute approximate surface area is 199 Å². The van der Waals surface area contributed by atoms with Gasteiger partial charge in [-0.25, -0.2) is 9.98 Å². The summed E-state index contributed by atoms with van der Waals surface area (Å²) in [5.41, 5.74) is 3.13. The molecule has 0 amide bonds. The van der Waals surface area contributed by atoms with E-state index in [9.17, 15) is 4.79 Å². The smallest absolute Gasteiger partial charge is 0.260 e. The SMILES string of the molecule is CCc1c(OC)c(OC)cc2nc(N(C)Cc3cccc(N=C4N(C)CCN4C)c3)[nH]c(=O)c12. The fourth-order valence-electron chi connectivity index (χ4n) is 4.37. The van der Waals surface area contributed by atoms with Crippen molar-refractivity contribution in [1.29, 1.82) is 0 Å². The lowest BCUT2D eigenvalue weighted by Gasteiger charge is -2.20. The van der Waals surface area contributed by atoms with Gasteiger partial charge in [-0.1, -0.05) is 19.1 Å². The summed E-state index contributed by atoms with van der Waals surface area (Å²) in [6, 6.07) is 9.86. The third kappa shape index (κ3) is 4.37. The highest BCUT2D eigenvalue weighted by atomic mass is 16.5. The molecule has 0 unspecified atom stereocenters. The molecule has 0 aliphatic carbocycles. The molecule has 0 bridgehead atoms. The number of nitrogens with zero attached hydrogens (tertiary/aromatic N) is 5. The number of anilines is 1. The van der Waals surface area contributed by atoms with Gasteiger partial charge >= 0.3 is 0 Å². The lowest BCUT2D eigenvalue weighted by atomic mass is 10.0. The van der Waals surface area contributed by atoms with Crippen LogP contribution in [0.15, 0.2) is 40.1 Å². The first-order chi connectivity index (χ1) is 16.4. The summed E-state index contributed by atoms with van der Waals surface area (Å²) in [6.07, 6.45) is 0.622. The number of aromatic nitrogens is 2. The molecule has 0 saturated carbocycles. The highest BCUT2D eigenvalue weighted by Gasteiger charge is 2.20. The Balaban J connectivity index is 1.66. The number of guanidine groups is 1. The molecule has 1 fully saturated rings. The molecule has 9 heteroatoms. The number of fused-ring (bicyclic) bond motifs is 1. The maximum Gasteiger partial charge on any atom is 0.260 e. The van der Waals surface area contributed by atoms with Gasteiger partial charge in [-0.05, 0) is 24.1 Å². The topological polar surface area (TPSA) is 86.3 Å². The highest BCUT2D eigenvalue weighted by molar-refractivity contribution is 5.87. The van der Waals surface area contributed by atoms with E-state index >= 15 is 0 Å². The maximum atomic E-state index is 13.1. The third-order valence-electron chi connectivity index (χ3n) is 6.15. The van der Waals surface area contributed by atoms with E-state index < -0.39 is 0 Å². The minimum absolute atomic E-state index is 0.197. The first kappa shape index (κ1) is 23.4. The second kappa shape index (κ2) is 9.62. The Kier molecular flexibility index (Phi) is 6.63. The summed E-state index contributed by atoms with van der Waals surface area (Å²) in [5, 5.41) is 0.528. The standard InChI is InChI=1S/C25H32N6O3/c1-7-18-21-19(14-20(33-5)22(18)34-6)27-24(28-23(21)32)31(4)15-16-9-8-10-17(13-16)26-25-29(2)11-12-30(25)3/h8-10,13-14H,7,11-12,15H2,1-6H3,(H,27,28,32). The van der Waals surface area contributed by atoms with Crippen LogP contribution >= 0.6 is 0 Å². The number of aryl methyl sites for hydroxylation is 1. The monoisotopic (exact) mass is 464 g/mol. The second-order valence-corrected chi connectivity index (χ2v) is 8.51. The molecule has 3 aromatic rings. The van der Waals surface area contributed by atoms with E-state index in [1.807, 2.05) is 37.1 Å². The van der Waals surface area contributed by atoms with Gasteiger partial charge in [0.2, 0.25) is 11.9 Å². The van der Waals surface area contributed by atoms with E-state index in [0.717, 1.165) is 35.9 Å². The summed E-state index contributed by atoms with van der Waals surface area (Å²) >= 11 is 0. The number of nitrogens with one attached hydrogen (secondary N) is 1. The molecule has 1 saturated heterocycles. The van der Waals surface area contributed by atoms with E-state index in [0.29, 0.717) is 41.3 Å². The molecule has 0 atom stereocenters. The molecule has 1 aliphatic heterocycles. The molecule has 34 heavy (non-hydrogen) atoms. The van der Waals surface area contributed by atoms with Gasteiger partial charge in [-0.15, -0.1) is 0 Å². The fraction of sp³-hybridized carbons (Fsp3) is 0.400. The van der Waals surface area contributed by atoms with Crippen molar-refractivity contribution < 1.29 is 9.47 Å². The van der Waals surface area contributed by atoms with E-state index in [2.05, 4.69) is 34.9 Å². The number of methoxy groups -OCH3 is 2. The number of hydrogen-bond acceptors (Lipinski definition) is 6. The molecule has 1 aromatic heterocycles. The van der Waals surface area contributed by atoms with Crippen LogP contribution in [0, 0.1) is 0 Å². The number of ether oxygens (including phenoxy) is 2. The molecule has 0 spiro atoms. The number of aliphatic imine (C=N–C) groups is 1. The summed E-state index contributed by atoms with van der Waals surface area (Å²) in [5.74, 6) is 2.58. The van der Waals surface area contributed by atoms with Crippen LogP contribution in [-0.2, 0) is 13.0 Å². The minimum atomic E-state index is -0.197. The molecule has 4 rings (SSSR count). The van der Waals surface area contributed by atoms with Crippen LogP contribution in [0.2, 0.25) is 0 Å². The van der Waals surface area contributed by atoms with Crippen LogP contribution in [0.1, 0.15) is 18.1 Å². The average molecular weight is 465 g/mol. The van der Waals surface area contributed by atoms with E-state index in [-0.39, 0.29) is 5.56 Å². The zero-order valence-corrected chi connectivity index (χ0v) is 20.7. The Morgan fingerprint density at radius 2 is 1.88 bits per heavy atom. The quantitative estimate of drug-likeness (QED) is 0.575. The Morgan fingerprint density at radius 3 is 2.53 bits per heavy atom. The summed E-state index contributed by atoms with van der Waals surface area (Å²) in [7, 11) is 9.17. The molecule has 1 N–H and O–H groups in total. The predicted molar refractivity (Wildman–Crippen MR) is 136 cm³/mol. The normalized spacial score (nSPS) is 13.5. The van der Waals surface area contributed by atoms with Crippen molar-refractivity contribution in [2.75, 3.05) is 53.4 Å². The Hall–Kier alpha value is -3.75. The van der Waals surface area contributed by atoms with Gasteiger partial charge in [0.25, 0.3) is 5.56 Å². The van der Waals surface area contributed by atoms with Crippen LogP contribution in [0.4, 0.5) is 11.6 Å². The third-order valence-corrected chi connectivity index (χ3v) is 6.15. The fourth-order valence-corrected chi connectivity index (χ4v) is 4.37. The lowest BCUT2D eigenvalue weighted by molar-refractivity contribution is 0.353. The summed E-state index contributed by atoms with van der Waals surface area (Å²) in [6.45, 7) is 4.48. The molecular weight excluding hydrogens is 432 g/mol. The number of rotatable bonds is 7. The molecule has 2 aromatic carbocycles. The maximum absolute atomic E-state index is 13.1. The summed E-state index contributed by atoms with van der Waals surface area (Å²) < 4.78 is 11.0. The van der Waals surface area contributed by atoms with Gasteiger partial charge < -0.3 is 24.2 Å². The number of H-pyrrole nitrogens is 1. The Morgan fingerprint density at radius 1 is 1.15 bits per heavy atom. The number of benzene rings is 2. The highest BCUT2D eigenvalue weighted by Crippen LogP contribution is 2.36. The largest absolute Gasteiger partial charge is 0.493 e. The van der Waals surface area contributed by atoms with Crippen molar-refractivity contribution in [3.63, 3.8) is 0 Å². The number of likely N-dealkylation sites (N-methyl/N-ethyl adjacent to an activating group) is 2. The van der Waals surface area contributed by atoms with Crippen molar-refractivity contribution in [2.24, 2.45) is 4.99 Å². The number of aromatic amines is 1. The van der Waals surface area contributed by atoms with Crippen LogP contribution in [0.5, 0.6) is 11.5 Å². The van der Waals surface area contributed by atoms with E-state index in [1.54, 1.807) is 20.3 Å². The van der Waals surface area contributed by atoms with Crippen molar-refractivity contribution in [3.05, 3.63) is 51.8 Å². The van der Waals surface area contributed by atoms with Gasteiger partial charge in [-0.3, -0.25) is 9.78 Å². The molecule has 180 valence electrons. The second-order valence-electron chi connectivity index (χ2n) is 8.51. The molecule has 0 radical (unpaired) electrons. The van der Waals surface area contributed by atoms with Crippen molar-refractivity contribution in [2.45, 2.75) is 19.9 Å². The van der Waals surface area contributed by atoms with E-state index in [1.165, 1.54) is 0 Å². The lowest BCUT2D eigenvalue weighted by Crippen LogP contribution is -2.27. The Bertz CT molecular complexity index is 1270. The van der Waals surface area contributed by atoms with Crippen molar-refractivity contribution in [3.8, 4) is 11.5 Å². The van der Waals surface area contributed by atoms with Crippen LogP contribution in [0.3, 0.4) is 0 Å². The first-order valence-corrected chi connectivity index (χ1v) is 11.3. The van der Waals surface area contributed by atoms with Gasteiger partial charge in [0.1, 0.15) is 0 Å². The molecule has 9 nitrogen and oxygen atoms in total. The molecule has 1 aliphatic rings. The average Bonchev–Trinajstić information content (AvgIpc) is 3.14.